The first-order valence-electron chi connectivity index (χ1n) is 8.81. The van der Waals surface area contributed by atoms with Gasteiger partial charge in [0.05, 0.1) is 23.4 Å². The van der Waals surface area contributed by atoms with E-state index in [-0.39, 0.29) is 30.8 Å². The molecule has 0 aliphatic carbocycles. The van der Waals surface area contributed by atoms with E-state index < -0.39 is 0 Å². The summed E-state index contributed by atoms with van der Waals surface area (Å²) in [5, 5.41) is 4.06. The molecule has 2 amide bonds. The third-order valence-electron chi connectivity index (χ3n) is 4.59. The van der Waals surface area contributed by atoms with Crippen LogP contribution < -0.4 is 15.1 Å². The lowest BCUT2D eigenvalue weighted by atomic mass is 10.1. The molecule has 27 heavy (non-hydrogen) atoms. The van der Waals surface area contributed by atoms with E-state index in [0.717, 1.165) is 16.2 Å². The minimum Gasteiger partial charge on any atom is -0.326 e. The minimum atomic E-state index is -0.215. The Bertz CT molecular complexity index is 872. The van der Waals surface area contributed by atoms with Crippen molar-refractivity contribution in [2.45, 2.75) is 25.9 Å². The molecular formula is C20H22Cl2N3O2+. The first kappa shape index (κ1) is 19.7. The van der Waals surface area contributed by atoms with Crippen molar-refractivity contribution in [1.29, 1.82) is 0 Å². The smallest absolute Gasteiger partial charge is 0.282 e. The maximum atomic E-state index is 13.1. The SMILES string of the molecule is C[C@@H]1CC(=O)Nc2ccccc2N1C(=O)C[NH+](C)Cc1ccc(Cl)cc1Cl. The fourth-order valence-electron chi connectivity index (χ4n) is 3.36. The van der Waals surface area contributed by atoms with Gasteiger partial charge in [-0.3, -0.25) is 9.59 Å². The van der Waals surface area contributed by atoms with Crippen molar-refractivity contribution in [3.8, 4) is 0 Å². The van der Waals surface area contributed by atoms with Crippen molar-refractivity contribution >= 4 is 46.4 Å². The molecule has 7 heteroatoms. The van der Waals surface area contributed by atoms with Crippen LogP contribution in [0.5, 0.6) is 0 Å². The molecule has 0 spiro atoms. The highest BCUT2D eigenvalue weighted by molar-refractivity contribution is 6.35. The summed E-state index contributed by atoms with van der Waals surface area (Å²) in [4.78, 5) is 27.9. The first-order chi connectivity index (χ1) is 12.8. The predicted octanol–water partition coefficient (Wildman–Crippen LogP) is 2.77. The molecule has 3 rings (SSSR count). The van der Waals surface area contributed by atoms with Gasteiger partial charge in [0.1, 0.15) is 6.54 Å². The quantitative estimate of drug-likeness (QED) is 0.819. The lowest BCUT2D eigenvalue weighted by Gasteiger charge is -2.28. The van der Waals surface area contributed by atoms with Crippen molar-refractivity contribution in [2.24, 2.45) is 0 Å². The molecule has 1 heterocycles. The molecule has 1 aliphatic rings. The van der Waals surface area contributed by atoms with Gasteiger partial charge < -0.3 is 15.1 Å². The Morgan fingerprint density at radius 2 is 2.00 bits per heavy atom. The highest BCUT2D eigenvalue weighted by atomic mass is 35.5. The molecule has 0 aromatic heterocycles. The second-order valence-electron chi connectivity index (χ2n) is 6.93. The Morgan fingerprint density at radius 3 is 2.74 bits per heavy atom. The van der Waals surface area contributed by atoms with Gasteiger partial charge in [-0.1, -0.05) is 41.4 Å². The molecular weight excluding hydrogens is 385 g/mol. The van der Waals surface area contributed by atoms with Crippen LogP contribution in [0.4, 0.5) is 11.4 Å². The van der Waals surface area contributed by atoms with Gasteiger partial charge in [-0.15, -0.1) is 0 Å². The molecule has 0 radical (unpaired) electrons. The van der Waals surface area contributed by atoms with Crippen LogP contribution >= 0.6 is 23.2 Å². The third kappa shape index (κ3) is 4.61. The topological polar surface area (TPSA) is 53.9 Å². The number of para-hydroxylation sites is 2. The van der Waals surface area contributed by atoms with E-state index in [2.05, 4.69) is 5.32 Å². The van der Waals surface area contributed by atoms with Gasteiger partial charge in [0.2, 0.25) is 5.91 Å². The summed E-state index contributed by atoms with van der Waals surface area (Å²) in [5.41, 5.74) is 2.34. The number of hydrogen-bond acceptors (Lipinski definition) is 2. The number of likely N-dealkylation sites (N-methyl/N-ethyl adjacent to an activating group) is 1. The number of hydrogen-bond donors (Lipinski definition) is 2. The molecule has 1 aliphatic heterocycles. The summed E-state index contributed by atoms with van der Waals surface area (Å²) in [7, 11) is 1.95. The predicted molar refractivity (Wildman–Crippen MR) is 109 cm³/mol. The fraction of sp³-hybridized carbons (Fsp3) is 0.300. The van der Waals surface area contributed by atoms with Crippen molar-refractivity contribution in [1.82, 2.24) is 0 Å². The summed E-state index contributed by atoms with van der Waals surface area (Å²) in [6, 6.07) is 12.6. The number of anilines is 2. The van der Waals surface area contributed by atoms with Crippen LogP contribution in [0.2, 0.25) is 10.0 Å². The number of benzene rings is 2. The molecule has 2 atom stereocenters. The summed E-state index contributed by atoms with van der Waals surface area (Å²) in [6.07, 6.45) is 0.266. The molecule has 1 unspecified atom stereocenters. The molecule has 0 bridgehead atoms. The molecule has 0 fully saturated rings. The van der Waals surface area contributed by atoms with Gasteiger partial charge in [-0.25, -0.2) is 0 Å². The summed E-state index contributed by atoms with van der Waals surface area (Å²) >= 11 is 12.2. The van der Waals surface area contributed by atoms with Gasteiger partial charge in [-0.05, 0) is 31.2 Å². The second kappa shape index (κ2) is 8.30. The molecule has 2 aromatic rings. The van der Waals surface area contributed by atoms with E-state index in [4.69, 9.17) is 23.2 Å². The molecule has 142 valence electrons. The fourth-order valence-corrected chi connectivity index (χ4v) is 3.84. The van der Waals surface area contributed by atoms with E-state index in [9.17, 15) is 9.59 Å². The number of carbonyl (C=O) groups is 2. The number of rotatable bonds is 4. The van der Waals surface area contributed by atoms with E-state index in [1.807, 2.05) is 44.3 Å². The zero-order valence-electron chi connectivity index (χ0n) is 15.3. The van der Waals surface area contributed by atoms with Gasteiger partial charge in [-0.2, -0.15) is 0 Å². The summed E-state index contributed by atoms with van der Waals surface area (Å²) < 4.78 is 0. The average Bonchev–Trinajstić information content (AvgIpc) is 2.71. The largest absolute Gasteiger partial charge is 0.326 e. The van der Waals surface area contributed by atoms with Gasteiger partial charge >= 0.3 is 0 Å². The summed E-state index contributed by atoms with van der Waals surface area (Å²) in [5.74, 6) is -0.118. The van der Waals surface area contributed by atoms with Crippen molar-refractivity contribution in [2.75, 3.05) is 23.8 Å². The highest BCUT2D eigenvalue weighted by Crippen LogP contribution is 2.31. The Kier molecular flexibility index (Phi) is 6.05. The van der Waals surface area contributed by atoms with Crippen molar-refractivity contribution < 1.29 is 14.5 Å². The van der Waals surface area contributed by atoms with Gasteiger partial charge in [0.15, 0.2) is 6.54 Å². The van der Waals surface area contributed by atoms with Gasteiger partial charge in [0, 0.05) is 23.0 Å². The van der Waals surface area contributed by atoms with Crippen LogP contribution in [0.3, 0.4) is 0 Å². The zero-order valence-corrected chi connectivity index (χ0v) is 16.8. The minimum absolute atomic E-state index is 0.0333. The molecule has 0 saturated carbocycles. The van der Waals surface area contributed by atoms with Crippen LogP contribution in [-0.4, -0.2) is 31.4 Å². The number of carbonyl (C=O) groups excluding carboxylic acids is 2. The van der Waals surface area contributed by atoms with Crippen molar-refractivity contribution in [3.05, 3.63) is 58.1 Å². The zero-order chi connectivity index (χ0) is 19.6. The van der Waals surface area contributed by atoms with Crippen LogP contribution in [0, 0.1) is 0 Å². The molecule has 2 N–H and O–H groups in total. The van der Waals surface area contributed by atoms with E-state index in [0.29, 0.717) is 22.3 Å². The maximum Gasteiger partial charge on any atom is 0.282 e. The number of quaternary nitrogens is 1. The van der Waals surface area contributed by atoms with Gasteiger partial charge in [0.25, 0.3) is 5.91 Å². The number of halogens is 2. The van der Waals surface area contributed by atoms with Crippen LogP contribution in [0.15, 0.2) is 42.5 Å². The molecule has 2 aromatic carbocycles. The van der Waals surface area contributed by atoms with Crippen LogP contribution in [-0.2, 0) is 16.1 Å². The maximum absolute atomic E-state index is 13.1. The average molecular weight is 407 g/mol. The molecule has 0 saturated heterocycles. The van der Waals surface area contributed by atoms with Crippen molar-refractivity contribution in [3.63, 3.8) is 0 Å². The van der Waals surface area contributed by atoms with E-state index in [1.54, 1.807) is 17.0 Å². The standard InChI is InChI=1S/C20H21Cl2N3O2/c1-13-9-19(26)23-17-5-3-4-6-18(17)25(13)20(27)12-24(2)11-14-7-8-15(21)10-16(14)22/h3-8,10,13H,9,11-12H2,1-2H3,(H,23,26)/p+1/t13-/m1/s1. The van der Waals surface area contributed by atoms with Crippen LogP contribution in [0.25, 0.3) is 0 Å². The second-order valence-corrected chi connectivity index (χ2v) is 7.77. The van der Waals surface area contributed by atoms with Crippen LogP contribution in [0.1, 0.15) is 18.9 Å². The highest BCUT2D eigenvalue weighted by Gasteiger charge is 2.31. The number of amides is 2. The third-order valence-corrected chi connectivity index (χ3v) is 5.18. The number of fused-ring (bicyclic) bond motifs is 1. The lowest BCUT2D eigenvalue weighted by Crippen LogP contribution is -3.09. The normalized spacial score (nSPS) is 17.7. The Balaban J connectivity index is 1.77. The number of nitrogens with one attached hydrogen (secondary N) is 2. The van der Waals surface area contributed by atoms with E-state index >= 15 is 0 Å². The number of nitrogens with zero attached hydrogens (tertiary/aromatic N) is 1. The Hall–Kier alpha value is -2.08. The van der Waals surface area contributed by atoms with E-state index in [1.165, 1.54) is 0 Å². The first-order valence-corrected chi connectivity index (χ1v) is 9.57. The molecule has 5 nitrogen and oxygen atoms in total. The lowest BCUT2D eigenvalue weighted by molar-refractivity contribution is -0.885. The summed E-state index contributed by atoms with van der Waals surface area (Å²) in [6.45, 7) is 2.78. The Labute approximate surface area is 168 Å². The monoisotopic (exact) mass is 406 g/mol. The Morgan fingerprint density at radius 1 is 1.26 bits per heavy atom.